The van der Waals surface area contributed by atoms with Gasteiger partial charge in [0, 0.05) is 24.7 Å². The smallest absolute Gasteiger partial charge is 0.251 e. The average molecular weight is 310 g/mol. The summed E-state index contributed by atoms with van der Waals surface area (Å²) in [5, 5.41) is 5.60. The number of benzene rings is 2. The first-order valence-electron chi connectivity index (χ1n) is 7.67. The molecule has 2 amide bonds. The number of hydrogen-bond acceptors (Lipinski definition) is 2. The van der Waals surface area contributed by atoms with Crippen LogP contribution in [-0.4, -0.2) is 18.4 Å². The minimum atomic E-state index is -0.129. The van der Waals surface area contributed by atoms with Crippen molar-refractivity contribution in [2.24, 2.45) is 0 Å². The number of anilines is 1. The molecule has 0 unspecified atom stereocenters. The van der Waals surface area contributed by atoms with Gasteiger partial charge in [0.05, 0.1) is 0 Å². The van der Waals surface area contributed by atoms with Crippen LogP contribution >= 0.6 is 0 Å². The van der Waals surface area contributed by atoms with Gasteiger partial charge in [-0.3, -0.25) is 9.59 Å². The Balaban J connectivity index is 1.88. The maximum atomic E-state index is 12.1. The second kappa shape index (κ2) is 7.58. The Morgan fingerprint density at radius 2 is 1.70 bits per heavy atom. The van der Waals surface area contributed by atoms with Gasteiger partial charge in [0.15, 0.2) is 0 Å². The number of carbonyl (C=O) groups excluding carboxylic acids is 2. The molecule has 0 saturated heterocycles. The zero-order valence-corrected chi connectivity index (χ0v) is 13.8. The Morgan fingerprint density at radius 3 is 2.30 bits per heavy atom. The molecule has 0 aromatic heterocycles. The Bertz CT molecular complexity index is 706. The molecular weight excluding hydrogens is 288 g/mol. The van der Waals surface area contributed by atoms with Crippen molar-refractivity contribution in [2.45, 2.75) is 27.2 Å². The van der Waals surface area contributed by atoms with Crippen molar-refractivity contribution in [3.8, 4) is 0 Å². The maximum Gasteiger partial charge on any atom is 0.251 e. The topological polar surface area (TPSA) is 58.2 Å². The van der Waals surface area contributed by atoms with Crippen LogP contribution in [0.25, 0.3) is 0 Å². The predicted molar refractivity (Wildman–Crippen MR) is 92.7 cm³/mol. The van der Waals surface area contributed by atoms with E-state index in [4.69, 9.17) is 0 Å². The lowest BCUT2D eigenvalue weighted by molar-refractivity contribution is -0.114. The largest absolute Gasteiger partial charge is 0.352 e. The summed E-state index contributed by atoms with van der Waals surface area (Å²) in [5.41, 5.74) is 5.01. The number of rotatable bonds is 5. The lowest BCUT2D eigenvalue weighted by atomic mass is 10.0. The van der Waals surface area contributed by atoms with Crippen LogP contribution in [0.3, 0.4) is 0 Å². The van der Waals surface area contributed by atoms with Crippen LogP contribution in [0.5, 0.6) is 0 Å². The average Bonchev–Trinajstić information content (AvgIpc) is 2.49. The van der Waals surface area contributed by atoms with Gasteiger partial charge in [0.1, 0.15) is 0 Å². The van der Waals surface area contributed by atoms with Crippen molar-refractivity contribution in [2.75, 3.05) is 11.9 Å². The molecule has 0 fully saturated rings. The lowest BCUT2D eigenvalue weighted by Crippen LogP contribution is -2.25. The normalized spacial score (nSPS) is 10.2. The molecule has 2 aromatic carbocycles. The zero-order valence-electron chi connectivity index (χ0n) is 13.8. The first kappa shape index (κ1) is 16.7. The molecule has 120 valence electrons. The third kappa shape index (κ3) is 4.95. The molecule has 0 atom stereocenters. The monoisotopic (exact) mass is 310 g/mol. The van der Waals surface area contributed by atoms with E-state index in [1.54, 1.807) is 24.3 Å². The molecule has 0 aliphatic carbocycles. The van der Waals surface area contributed by atoms with Crippen molar-refractivity contribution in [1.29, 1.82) is 0 Å². The minimum Gasteiger partial charge on any atom is -0.352 e. The Morgan fingerprint density at radius 1 is 1.00 bits per heavy atom. The maximum absolute atomic E-state index is 12.1. The third-order valence-electron chi connectivity index (χ3n) is 3.65. The Kier molecular flexibility index (Phi) is 5.52. The van der Waals surface area contributed by atoms with E-state index in [0.717, 1.165) is 6.42 Å². The van der Waals surface area contributed by atoms with Crippen LogP contribution in [0.15, 0.2) is 42.5 Å². The highest BCUT2D eigenvalue weighted by Crippen LogP contribution is 2.11. The summed E-state index contributed by atoms with van der Waals surface area (Å²) < 4.78 is 0. The molecule has 0 aliphatic heterocycles. The first-order chi connectivity index (χ1) is 11.0. The molecule has 2 rings (SSSR count). The zero-order chi connectivity index (χ0) is 16.8. The van der Waals surface area contributed by atoms with Gasteiger partial charge in [-0.15, -0.1) is 0 Å². The van der Waals surface area contributed by atoms with Crippen molar-refractivity contribution in [3.05, 3.63) is 64.7 Å². The number of hydrogen-bond donors (Lipinski definition) is 2. The van der Waals surface area contributed by atoms with Gasteiger partial charge in [0.25, 0.3) is 5.91 Å². The highest BCUT2D eigenvalue weighted by molar-refractivity contribution is 5.95. The highest BCUT2D eigenvalue weighted by atomic mass is 16.2. The van der Waals surface area contributed by atoms with E-state index >= 15 is 0 Å². The van der Waals surface area contributed by atoms with Crippen LogP contribution in [0.1, 0.15) is 34.0 Å². The summed E-state index contributed by atoms with van der Waals surface area (Å²) in [6.07, 6.45) is 0.807. The van der Waals surface area contributed by atoms with Crippen molar-refractivity contribution in [1.82, 2.24) is 5.32 Å². The van der Waals surface area contributed by atoms with Crippen LogP contribution in [-0.2, 0) is 11.2 Å². The summed E-state index contributed by atoms with van der Waals surface area (Å²) in [5.74, 6) is -0.236. The number of amides is 2. The van der Waals surface area contributed by atoms with Crippen LogP contribution in [0.2, 0.25) is 0 Å². The van der Waals surface area contributed by atoms with Gasteiger partial charge in [-0.05, 0) is 55.7 Å². The summed E-state index contributed by atoms with van der Waals surface area (Å²) in [4.78, 5) is 23.1. The molecular formula is C19H22N2O2. The summed E-state index contributed by atoms with van der Waals surface area (Å²) in [7, 11) is 0. The van der Waals surface area contributed by atoms with E-state index in [1.807, 2.05) is 0 Å². The Labute approximate surface area is 136 Å². The SMILES string of the molecule is CC(=O)Nc1ccc(C(=O)NCCc2ccc(C)cc2C)cc1. The van der Waals surface area contributed by atoms with Crippen molar-refractivity contribution >= 4 is 17.5 Å². The van der Waals surface area contributed by atoms with Crippen LogP contribution in [0, 0.1) is 13.8 Å². The van der Waals surface area contributed by atoms with Crippen LogP contribution in [0.4, 0.5) is 5.69 Å². The molecule has 4 nitrogen and oxygen atoms in total. The number of nitrogens with one attached hydrogen (secondary N) is 2. The molecule has 4 heteroatoms. The van der Waals surface area contributed by atoms with E-state index in [0.29, 0.717) is 17.8 Å². The van der Waals surface area contributed by atoms with E-state index in [1.165, 1.54) is 23.6 Å². The van der Waals surface area contributed by atoms with E-state index in [-0.39, 0.29) is 11.8 Å². The molecule has 0 aliphatic rings. The lowest BCUT2D eigenvalue weighted by Gasteiger charge is -2.09. The summed E-state index contributed by atoms with van der Waals surface area (Å²) in [6.45, 7) is 6.21. The summed E-state index contributed by atoms with van der Waals surface area (Å²) in [6, 6.07) is 13.2. The van der Waals surface area contributed by atoms with E-state index in [9.17, 15) is 9.59 Å². The van der Waals surface area contributed by atoms with Crippen molar-refractivity contribution in [3.63, 3.8) is 0 Å². The van der Waals surface area contributed by atoms with Crippen LogP contribution < -0.4 is 10.6 Å². The molecule has 0 spiro atoms. The van der Waals surface area contributed by atoms with Crippen molar-refractivity contribution < 1.29 is 9.59 Å². The van der Waals surface area contributed by atoms with Gasteiger partial charge in [-0.1, -0.05) is 23.8 Å². The highest BCUT2D eigenvalue weighted by Gasteiger charge is 2.06. The fourth-order valence-corrected chi connectivity index (χ4v) is 2.45. The van der Waals surface area contributed by atoms with Gasteiger partial charge in [0.2, 0.25) is 5.91 Å². The second-order valence-corrected chi connectivity index (χ2v) is 5.69. The molecule has 0 radical (unpaired) electrons. The number of carbonyl (C=O) groups is 2. The fraction of sp³-hybridized carbons (Fsp3) is 0.263. The molecule has 0 heterocycles. The van der Waals surface area contributed by atoms with Gasteiger partial charge in [-0.2, -0.15) is 0 Å². The van der Waals surface area contributed by atoms with Gasteiger partial charge in [-0.25, -0.2) is 0 Å². The molecule has 23 heavy (non-hydrogen) atoms. The predicted octanol–water partition coefficient (Wildman–Crippen LogP) is 3.23. The fourth-order valence-electron chi connectivity index (χ4n) is 2.45. The van der Waals surface area contributed by atoms with E-state index in [2.05, 4.69) is 42.7 Å². The first-order valence-corrected chi connectivity index (χ1v) is 7.67. The molecule has 0 bridgehead atoms. The quantitative estimate of drug-likeness (QED) is 0.891. The number of aryl methyl sites for hydroxylation is 2. The second-order valence-electron chi connectivity index (χ2n) is 5.69. The third-order valence-corrected chi connectivity index (χ3v) is 3.65. The minimum absolute atomic E-state index is 0.107. The standard InChI is InChI=1S/C19H22N2O2/c1-13-4-5-16(14(2)12-13)10-11-20-19(23)17-6-8-18(9-7-17)21-15(3)22/h4-9,12H,10-11H2,1-3H3,(H,20,23)(H,21,22). The molecule has 0 saturated carbocycles. The van der Waals surface area contributed by atoms with Gasteiger partial charge < -0.3 is 10.6 Å². The summed E-state index contributed by atoms with van der Waals surface area (Å²) >= 11 is 0. The van der Waals surface area contributed by atoms with Gasteiger partial charge >= 0.3 is 0 Å². The molecule has 2 N–H and O–H groups in total. The molecule has 2 aromatic rings. The van der Waals surface area contributed by atoms with E-state index < -0.39 is 0 Å². The Hall–Kier alpha value is -2.62.